The molecule has 2 aromatic rings. The van der Waals surface area contributed by atoms with E-state index < -0.39 is 10.2 Å². The molecule has 2 aliphatic rings. The monoisotopic (exact) mass is 351 g/mol. The Morgan fingerprint density at radius 3 is 2.75 bits per heavy atom. The van der Waals surface area contributed by atoms with Crippen molar-refractivity contribution in [3.05, 3.63) is 29.3 Å². The molecular formula is C15H21N5O3S. The summed E-state index contributed by atoms with van der Waals surface area (Å²) in [5, 5.41) is 8.22. The molecule has 2 fully saturated rings. The van der Waals surface area contributed by atoms with Crippen molar-refractivity contribution in [1.82, 2.24) is 19.2 Å². The molecule has 1 saturated carbocycles. The average Bonchev–Trinajstić information content (AvgIpc) is 3.08. The highest BCUT2D eigenvalue weighted by Gasteiger charge is 2.39. The van der Waals surface area contributed by atoms with E-state index in [1.165, 1.54) is 8.61 Å². The molecule has 0 unspecified atom stereocenters. The SMILES string of the molecule is CCc1c(CN2CCN(c3ccnn3C)S2(=O)=O)noc1C1CC1. The van der Waals surface area contributed by atoms with Gasteiger partial charge >= 0.3 is 10.2 Å². The fraction of sp³-hybridized carbons (Fsp3) is 0.600. The van der Waals surface area contributed by atoms with Gasteiger partial charge in [-0.3, -0.25) is 4.68 Å². The quantitative estimate of drug-likeness (QED) is 0.813. The van der Waals surface area contributed by atoms with Gasteiger partial charge in [-0.25, -0.2) is 4.31 Å². The zero-order valence-corrected chi connectivity index (χ0v) is 14.7. The molecule has 0 aromatic carbocycles. The highest BCUT2D eigenvalue weighted by Crippen LogP contribution is 2.42. The summed E-state index contributed by atoms with van der Waals surface area (Å²) >= 11 is 0. The van der Waals surface area contributed by atoms with Crippen LogP contribution in [0.5, 0.6) is 0 Å². The van der Waals surface area contributed by atoms with Crippen LogP contribution in [0.3, 0.4) is 0 Å². The number of hydrogen-bond donors (Lipinski definition) is 0. The third kappa shape index (κ3) is 2.42. The Balaban J connectivity index is 1.59. The van der Waals surface area contributed by atoms with Crippen LogP contribution < -0.4 is 4.31 Å². The molecule has 130 valence electrons. The standard InChI is InChI=1S/C15H21N5O3S/c1-3-12-13(17-23-15(12)11-4-5-11)10-19-8-9-20(24(19,21)22)14-6-7-16-18(14)2/h6-7,11H,3-5,8-10H2,1-2H3. The number of nitrogens with zero attached hydrogens (tertiary/aromatic N) is 5. The van der Waals surface area contributed by atoms with E-state index in [2.05, 4.69) is 17.2 Å². The fourth-order valence-electron chi connectivity index (χ4n) is 3.27. The van der Waals surface area contributed by atoms with Crippen molar-refractivity contribution in [2.75, 3.05) is 17.4 Å². The van der Waals surface area contributed by atoms with Crippen LogP contribution in [-0.4, -0.2) is 40.7 Å². The van der Waals surface area contributed by atoms with Gasteiger partial charge in [0.25, 0.3) is 0 Å². The fourth-order valence-corrected chi connectivity index (χ4v) is 4.87. The van der Waals surface area contributed by atoms with Gasteiger partial charge < -0.3 is 4.52 Å². The van der Waals surface area contributed by atoms with Crippen LogP contribution in [0.25, 0.3) is 0 Å². The van der Waals surface area contributed by atoms with Crippen LogP contribution in [0.1, 0.15) is 42.7 Å². The van der Waals surface area contributed by atoms with Crippen molar-refractivity contribution >= 4 is 16.0 Å². The van der Waals surface area contributed by atoms with Crippen molar-refractivity contribution in [2.24, 2.45) is 7.05 Å². The minimum absolute atomic E-state index is 0.260. The van der Waals surface area contributed by atoms with Crippen LogP contribution in [-0.2, 0) is 30.2 Å². The Labute approximate surface area is 141 Å². The van der Waals surface area contributed by atoms with E-state index in [1.54, 1.807) is 24.0 Å². The Morgan fingerprint density at radius 1 is 1.33 bits per heavy atom. The third-order valence-corrected chi connectivity index (χ3v) is 6.63. The maximum atomic E-state index is 12.9. The first kappa shape index (κ1) is 15.6. The molecular weight excluding hydrogens is 330 g/mol. The highest BCUT2D eigenvalue weighted by molar-refractivity contribution is 7.90. The van der Waals surface area contributed by atoms with E-state index in [9.17, 15) is 8.42 Å². The van der Waals surface area contributed by atoms with Gasteiger partial charge in [-0.15, -0.1) is 0 Å². The molecule has 0 radical (unpaired) electrons. The van der Waals surface area contributed by atoms with Gasteiger partial charge in [0.15, 0.2) is 0 Å². The van der Waals surface area contributed by atoms with Crippen LogP contribution in [0, 0.1) is 0 Å². The molecule has 9 heteroatoms. The zero-order chi connectivity index (χ0) is 16.9. The largest absolute Gasteiger partial charge is 0.360 e. The van der Waals surface area contributed by atoms with Crippen LogP contribution in [0.15, 0.2) is 16.8 Å². The van der Waals surface area contributed by atoms with Crippen molar-refractivity contribution in [2.45, 2.75) is 38.6 Å². The molecule has 2 aromatic heterocycles. The summed E-state index contributed by atoms with van der Waals surface area (Å²) in [7, 11) is -1.83. The molecule has 0 bridgehead atoms. The maximum Gasteiger partial charge on any atom is 0.305 e. The molecule has 3 heterocycles. The Kier molecular flexibility index (Phi) is 3.65. The van der Waals surface area contributed by atoms with Crippen molar-refractivity contribution < 1.29 is 12.9 Å². The average molecular weight is 351 g/mol. The lowest BCUT2D eigenvalue weighted by molar-refractivity contribution is 0.364. The van der Waals surface area contributed by atoms with Gasteiger partial charge in [-0.2, -0.15) is 17.8 Å². The minimum Gasteiger partial charge on any atom is -0.360 e. The summed E-state index contributed by atoms with van der Waals surface area (Å²) in [6, 6.07) is 1.71. The minimum atomic E-state index is -3.57. The molecule has 1 saturated heterocycles. The topological polar surface area (TPSA) is 84.5 Å². The second-order valence-corrected chi connectivity index (χ2v) is 8.18. The van der Waals surface area contributed by atoms with E-state index in [0.29, 0.717) is 24.8 Å². The summed E-state index contributed by atoms with van der Waals surface area (Å²) in [6.07, 6.45) is 4.68. The van der Waals surface area contributed by atoms with Crippen LogP contribution >= 0.6 is 0 Å². The number of anilines is 1. The normalized spacial score (nSPS) is 20.8. The Hall–Kier alpha value is -1.87. The molecule has 1 aliphatic heterocycles. The van der Waals surface area contributed by atoms with Crippen molar-refractivity contribution in [3.63, 3.8) is 0 Å². The van der Waals surface area contributed by atoms with Crippen molar-refractivity contribution in [3.8, 4) is 0 Å². The predicted molar refractivity (Wildman–Crippen MR) is 87.7 cm³/mol. The number of hydrogen-bond acceptors (Lipinski definition) is 5. The van der Waals surface area contributed by atoms with Crippen LogP contribution in [0.2, 0.25) is 0 Å². The van der Waals surface area contributed by atoms with E-state index in [0.717, 1.165) is 36.3 Å². The number of aryl methyl sites for hydroxylation is 1. The summed E-state index contributed by atoms with van der Waals surface area (Å²) in [4.78, 5) is 0. The first-order valence-corrected chi connectivity index (χ1v) is 9.65. The van der Waals surface area contributed by atoms with E-state index >= 15 is 0 Å². The number of rotatable bonds is 5. The third-order valence-electron chi connectivity index (χ3n) is 4.74. The van der Waals surface area contributed by atoms with E-state index in [4.69, 9.17) is 4.52 Å². The van der Waals surface area contributed by atoms with Gasteiger partial charge in [0.2, 0.25) is 0 Å². The Morgan fingerprint density at radius 2 is 2.12 bits per heavy atom. The molecule has 0 amide bonds. The zero-order valence-electron chi connectivity index (χ0n) is 13.8. The first-order valence-electron chi connectivity index (χ1n) is 8.25. The van der Waals surface area contributed by atoms with E-state index in [1.807, 2.05) is 0 Å². The number of aromatic nitrogens is 3. The van der Waals surface area contributed by atoms with Gasteiger partial charge in [0, 0.05) is 31.1 Å². The first-order chi connectivity index (χ1) is 11.5. The van der Waals surface area contributed by atoms with Crippen molar-refractivity contribution in [1.29, 1.82) is 0 Å². The molecule has 4 rings (SSSR count). The molecule has 0 N–H and O–H groups in total. The van der Waals surface area contributed by atoms with Gasteiger partial charge in [0.1, 0.15) is 17.3 Å². The molecule has 1 aliphatic carbocycles. The summed E-state index contributed by atoms with van der Waals surface area (Å²) in [6.45, 7) is 3.16. The maximum absolute atomic E-state index is 12.9. The molecule has 0 atom stereocenters. The van der Waals surface area contributed by atoms with Gasteiger partial charge in [0.05, 0.1) is 19.3 Å². The lowest BCUT2D eigenvalue weighted by atomic mass is 10.1. The Bertz CT molecular complexity index is 852. The lowest BCUT2D eigenvalue weighted by Crippen LogP contribution is -2.34. The second-order valence-electron chi connectivity index (χ2n) is 6.33. The second kappa shape index (κ2) is 5.59. The van der Waals surface area contributed by atoms with E-state index in [-0.39, 0.29) is 6.54 Å². The summed E-state index contributed by atoms with van der Waals surface area (Å²) < 4.78 is 35.6. The smallest absolute Gasteiger partial charge is 0.305 e. The highest BCUT2D eigenvalue weighted by atomic mass is 32.2. The summed E-state index contributed by atoms with van der Waals surface area (Å²) in [5.74, 6) is 2.00. The summed E-state index contributed by atoms with van der Waals surface area (Å²) in [5.41, 5.74) is 1.82. The lowest BCUT2D eigenvalue weighted by Gasteiger charge is -2.19. The predicted octanol–water partition coefficient (Wildman–Crippen LogP) is 1.41. The van der Waals surface area contributed by atoms with Gasteiger partial charge in [-0.05, 0) is 19.3 Å². The molecule has 24 heavy (non-hydrogen) atoms. The van der Waals surface area contributed by atoms with Crippen LogP contribution in [0.4, 0.5) is 5.82 Å². The molecule has 8 nitrogen and oxygen atoms in total. The van der Waals surface area contributed by atoms with Gasteiger partial charge in [-0.1, -0.05) is 12.1 Å². The molecule has 0 spiro atoms.